The zero-order valence-electron chi connectivity index (χ0n) is 33.2. The van der Waals surface area contributed by atoms with E-state index in [1.54, 1.807) is 16.7 Å². The third-order valence-corrected chi connectivity index (χ3v) is 9.26. The van der Waals surface area contributed by atoms with Crippen molar-refractivity contribution in [3.05, 3.63) is 68.3 Å². The summed E-state index contributed by atoms with van der Waals surface area (Å²) in [5.74, 6) is 0. The second-order valence-electron chi connectivity index (χ2n) is 21.4. The predicted octanol–water partition coefficient (Wildman–Crippen LogP) is 13.1. The first kappa shape index (κ1) is 37.6. The molecule has 0 fully saturated rings. The normalized spacial score (nSPS) is 14.9. The lowest BCUT2D eigenvalue weighted by molar-refractivity contribution is 0.455. The van der Waals surface area contributed by atoms with Crippen LogP contribution in [0.4, 0.5) is 0 Å². The summed E-state index contributed by atoms with van der Waals surface area (Å²) in [5.41, 5.74) is 13.5. The van der Waals surface area contributed by atoms with Crippen molar-refractivity contribution >= 4 is 0 Å². The molecule has 0 unspecified atom stereocenters. The molecule has 0 N–H and O–H groups in total. The number of rotatable bonds is 2. The maximum Gasteiger partial charge on any atom is 0.0155 e. The maximum absolute atomic E-state index is 2.67. The van der Waals surface area contributed by atoms with Gasteiger partial charge in [0.15, 0.2) is 0 Å². The molecule has 0 aromatic heterocycles. The van der Waals surface area contributed by atoms with Crippen LogP contribution >= 0.6 is 0 Å². The highest BCUT2D eigenvalue weighted by atomic mass is 14.5. The highest BCUT2D eigenvalue weighted by Gasteiger charge is 2.44. The Morgan fingerprint density at radius 1 is 0.256 bits per heavy atom. The molecule has 0 heteroatoms. The van der Waals surface area contributed by atoms with Gasteiger partial charge < -0.3 is 0 Å². The van der Waals surface area contributed by atoms with Crippen LogP contribution in [0.2, 0.25) is 0 Å². The first-order valence-corrected chi connectivity index (χ1v) is 17.0. The highest BCUT2D eigenvalue weighted by molar-refractivity contribution is 5.63. The summed E-state index contributed by atoms with van der Waals surface area (Å²) in [5, 5.41) is 0. The van der Waals surface area contributed by atoms with E-state index in [2.05, 4.69) is 177 Å². The van der Waals surface area contributed by atoms with Crippen LogP contribution < -0.4 is 0 Å². The molecule has 0 amide bonds. The minimum absolute atomic E-state index is 0.00963. The summed E-state index contributed by atoms with van der Waals surface area (Å²) >= 11 is 0. The van der Waals surface area contributed by atoms with E-state index in [1.165, 1.54) is 33.4 Å². The van der Waals surface area contributed by atoms with E-state index >= 15 is 0 Å². The second-order valence-corrected chi connectivity index (χ2v) is 21.4. The minimum atomic E-state index is -0.231. The summed E-state index contributed by atoms with van der Waals surface area (Å²) < 4.78 is 0. The fourth-order valence-electron chi connectivity index (χ4n) is 7.49. The van der Waals surface area contributed by atoms with Crippen molar-refractivity contribution in [3.63, 3.8) is 0 Å². The smallest absolute Gasteiger partial charge is 0.0155 e. The van der Waals surface area contributed by atoms with Crippen LogP contribution in [0, 0.1) is 0 Å². The Labute approximate surface area is 270 Å². The van der Waals surface area contributed by atoms with E-state index in [9.17, 15) is 0 Å². The van der Waals surface area contributed by atoms with Crippen LogP contribution in [0.25, 0.3) is 0 Å². The third-order valence-electron chi connectivity index (χ3n) is 9.26. The van der Waals surface area contributed by atoms with Gasteiger partial charge in [0.1, 0.15) is 0 Å². The van der Waals surface area contributed by atoms with Gasteiger partial charge >= 0.3 is 0 Å². The molecule has 2 aromatic rings. The van der Waals surface area contributed by atoms with Crippen LogP contribution in [-0.2, 0) is 43.3 Å². The molecule has 0 radical (unpaired) electrons. The molecule has 0 saturated carbocycles. The van der Waals surface area contributed by atoms with Crippen molar-refractivity contribution in [1.29, 1.82) is 0 Å². The summed E-state index contributed by atoms with van der Waals surface area (Å²) in [6, 6.07) is 7.59. The quantitative estimate of drug-likeness (QED) is 0.327. The molecule has 0 nitrogen and oxygen atoms in total. The summed E-state index contributed by atoms with van der Waals surface area (Å²) in [6.07, 6.45) is 0. The molecular formula is C43H72. The van der Waals surface area contributed by atoms with Crippen LogP contribution in [0.3, 0.4) is 0 Å². The monoisotopic (exact) mass is 589 g/mol. The lowest BCUT2D eigenvalue weighted by atomic mass is 9.57. The topological polar surface area (TPSA) is 0 Å². The Morgan fingerprint density at radius 2 is 0.512 bits per heavy atom. The van der Waals surface area contributed by atoms with Crippen molar-refractivity contribution in [1.82, 2.24) is 0 Å². The van der Waals surface area contributed by atoms with Gasteiger partial charge in [-0.1, -0.05) is 177 Å². The lowest BCUT2D eigenvalue weighted by Crippen LogP contribution is -2.38. The summed E-state index contributed by atoms with van der Waals surface area (Å²) in [7, 11) is 0. The predicted molar refractivity (Wildman–Crippen MR) is 196 cm³/mol. The van der Waals surface area contributed by atoms with Crippen LogP contribution in [-0.4, -0.2) is 0 Å². The average Bonchev–Trinajstić information content (AvgIpc) is 2.72. The molecule has 0 aliphatic rings. The molecule has 43 heavy (non-hydrogen) atoms. The van der Waals surface area contributed by atoms with E-state index in [0.717, 1.165) is 0 Å². The fourth-order valence-corrected chi connectivity index (χ4v) is 7.49. The van der Waals surface area contributed by atoms with Gasteiger partial charge in [-0.15, -0.1) is 0 Å². The highest BCUT2D eigenvalue weighted by Crippen LogP contribution is 2.53. The number of benzene rings is 2. The minimum Gasteiger partial charge on any atom is -0.0579 e. The summed E-state index contributed by atoms with van der Waals surface area (Å²) in [6.45, 7) is 55.9. The first-order valence-electron chi connectivity index (χ1n) is 17.0. The third kappa shape index (κ3) is 7.47. The Hall–Kier alpha value is -1.56. The standard InChI is InChI=1S/C43H72/c1-36(2,3)27-24-25-28(37(4,5)6)34(31(27)39(10,11)12)43(22,23)30-26-29(38(7,8)9)32(40(13,14)15)35(42(19,20)21)33(30)41(16,17)18/h24-26H,1-23H3. The van der Waals surface area contributed by atoms with E-state index in [-0.39, 0.29) is 43.3 Å². The van der Waals surface area contributed by atoms with Crippen LogP contribution in [0.15, 0.2) is 18.2 Å². The van der Waals surface area contributed by atoms with E-state index in [1.807, 2.05) is 0 Å². The Bertz CT molecular complexity index is 1320. The molecule has 0 spiro atoms. The van der Waals surface area contributed by atoms with Crippen molar-refractivity contribution < 1.29 is 0 Å². The van der Waals surface area contributed by atoms with E-state index < -0.39 is 0 Å². The van der Waals surface area contributed by atoms with Gasteiger partial charge in [-0.2, -0.15) is 0 Å². The molecular weight excluding hydrogens is 516 g/mol. The SMILES string of the molecule is CC(C)(C)c1cc(C(C)(C)c2c(C(C)(C)C)ccc(C(C)(C)C)c2C(C)(C)C)c(C(C)(C)C)c(C(C)(C)C)c1C(C)(C)C. The van der Waals surface area contributed by atoms with Gasteiger partial charge in [0.05, 0.1) is 0 Å². The molecule has 0 aliphatic carbocycles. The Kier molecular flexibility index (Phi) is 9.42. The molecule has 244 valence electrons. The Morgan fingerprint density at radius 3 is 0.791 bits per heavy atom. The molecule has 0 saturated heterocycles. The van der Waals surface area contributed by atoms with Crippen molar-refractivity contribution in [3.8, 4) is 0 Å². The van der Waals surface area contributed by atoms with Crippen molar-refractivity contribution in [2.45, 2.75) is 203 Å². The molecule has 0 atom stereocenters. The first-order chi connectivity index (χ1) is 18.6. The maximum atomic E-state index is 2.67. The zero-order valence-corrected chi connectivity index (χ0v) is 33.2. The average molecular weight is 589 g/mol. The van der Waals surface area contributed by atoms with Gasteiger partial charge in [0.25, 0.3) is 0 Å². The molecule has 0 aliphatic heterocycles. The lowest BCUT2D eigenvalue weighted by Gasteiger charge is -2.47. The van der Waals surface area contributed by atoms with E-state index in [0.29, 0.717) is 0 Å². The zero-order chi connectivity index (χ0) is 34.3. The van der Waals surface area contributed by atoms with Gasteiger partial charge in [0, 0.05) is 5.41 Å². The molecule has 2 aromatic carbocycles. The largest absolute Gasteiger partial charge is 0.0579 e. The summed E-state index contributed by atoms with van der Waals surface area (Å²) in [4.78, 5) is 0. The van der Waals surface area contributed by atoms with Gasteiger partial charge in [-0.3, -0.25) is 0 Å². The molecule has 2 rings (SSSR count). The number of hydrogen-bond acceptors (Lipinski definition) is 0. The second kappa shape index (κ2) is 10.8. The van der Waals surface area contributed by atoms with Gasteiger partial charge in [-0.25, -0.2) is 0 Å². The van der Waals surface area contributed by atoms with Crippen LogP contribution in [0.1, 0.15) is 209 Å². The molecule has 0 heterocycles. The molecule has 0 bridgehead atoms. The number of hydrogen-bond donors (Lipinski definition) is 0. The van der Waals surface area contributed by atoms with Crippen molar-refractivity contribution in [2.24, 2.45) is 0 Å². The van der Waals surface area contributed by atoms with Gasteiger partial charge in [-0.05, 0) is 88.0 Å². The Balaban J connectivity index is 3.56. The fraction of sp³-hybridized carbons (Fsp3) is 0.721. The van der Waals surface area contributed by atoms with Crippen molar-refractivity contribution in [2.75, 3.05) is 0 Å². The van der Waals surface area contributed by atoms with E-state index in [4.69, 9.17) is 0 Å². The van der Waals surface area contributed by atoms with Gasteiger partial charge in [0.2, 0.25) is 0 Å². The van der Waals surface area contributed by atoms with Crippen LogP contribution in [0.5, 0.6) is 0 Å².